The number of carbonyl (C=O) groups is 2. The summed E-state index contributed by atoms with van der Waals surface area (Å²) in [6, 6.07) is 9.01. The van der Waals surface area contributed by atoms with Gasteiger partial charge in [-0.25, -0.2) is 4.79 Å². The fourth-order valence-electron chi connectivity index (χ4n) is 1.82. The van der Waals surface area contributed by atoms with Crippen LogP contribution in [0.15, 0.2) is 30.3 Å². The Balaban J connectivity index is 2.07. The van der Waals surface area contributed by atoms with Crippen LogP contribution in [0.25, 0.3) is 0 Å². The molecule has 1 aromatic rings. The molecule has 16 heavy (non-hydrogen) atoms. The van der Waals surface area contributed by atoms with Crippen molar-refractivity contribution in [3.8, 4) is 0 Å². The molecule has 2 unspecified atom stereocenters. The Morgan fingerprint density at radius 3 is 2.69 bits per heavy atom. The van der Waals surface area contributed by atoms with E-state index in [1.54, 1.807) is 0 Å². The van der Waals surface area contributed by atoms with Crippen molar-refractivity contribution in [2.75, 3.05) is 0 Å². The van der Waals surface area contributed by atoms with Crippen LogP contribution >= 0.6 is 0 Å². The molecule has 1 aliphatic rings. The van der Waals surface area contributed by atoms with Gasteiger partial charge in [0.05, 0.1) is 0 Å². The van der Waals surface area contributed by atoms with Gasteiger partial charge in [0, 0.05) is 13.3 Å². The van der Waals surface area contributed by atoms with Crippen molar-refractivity contribution in [3.63, 3.8) is 0 Å². The standard InChI is InChI=1S/C12H13NO3/c1-8(14)13-10-7-11(16-12(10)15)9-5-3-2-4-6-9/h2-6,10-11H,7H2,1H3,(H,13,14). The van der Waals surface area contributed by atoms with Gasteiger partial charge in [-0.3, -0.25) is 4.79 Å². The Morgan fingerprint density at radius 1 is 1.38 bits per heavy atom. The zero-order chi connectivity index (χ0) is 11.5. The van der Waals surface area contributed by atoms with Crippen molar-refractivity contribution in [2.24, 2.45) is 0 Å². The van der Waals surface area contributed by atoms with Crippen molar-refractivity contribution < 1.29 is 14.3 Å². The molecule has 1 N–H and O–H groups in total. The maximum atomic E-state index is 11.5. The van der Waals surface area contributed by atoms with Gasteiger partial charge in [-0.2, -0.15) is 0 Å². The summed E-state index contributed by atoms with van der Waals surface area (Å²) in [5.74, 6) is -0.570. The molecule has 0 saturated carbocycles. The van der Waals surface area contributed by atoms with Crippen LogP contribution in [0.5, 0.6) is 0 Å². The lowest BCUT2D eigenvalue weighted by Crippen LogP contribution is -2.36. The SMILES string of the molecule is CC(=O)NC1CC(c2ccccc2)OC1=O. The molecule has 1 amide bonds. The normalized spacial score (nSPS) is 23.9. The number of esters is 1. The van der Waals surface area contributed by atoms with E-state index in [0.717, 1.165) is 5.56 Å². The summed E-state index contributed by atoms with van der Waals surface area (Å²) < 4.78 is 5.21. The van der Waals surface area contributed by atoms with Crippen LogP contribution in [0.1, 0.15) is 25.0 Å². The molecule has 4 heteroatoms. The second-order valence-corrected chi connectivity index (χ2v) is 3.83. The lowest BCUT2D eigenvalue weighted by molar-refractivity contribution is -0.144. The zero-order valence-corrected chi connectivity index (χ0v) is 8.97. The monoisotopic (exact) mass is 219 g/mol. The van der Waals surface area contributed by atoms with Crippen LogP contribution in [-0.2, 0) is 14.3 Å². The van der Waals surface area contributed by atoms with E-state index < -0.39 is 6.04 Å². The van der Waals surface area contributed by atoms with Gasteiger partial charge >= 0.3 is 5.97 Å². The highest BCUT2D eigenvalue weighted by Gasteiger charge is 2.35. The van der Waals surface area contributed by atoms with Crippen LogP contribution in [-0.4, -0.2) is 17.9 Å². The molecule has 0 aromatic heterocycles. The van der Waals surface area contributed by atoms with Crippen LogP contribution in [0.4, 0.5) is 0 Å². The minimum Gasteiger partial charge on any atom is -0.456 e. The number of benzene rings is 1. The number of rotatable bonds is 2. The number of carbonyl (C=O) groups excluding carboxylic acids is 2. The van der Waals surface area contributed by atoms with E-state index >= 15 is 0 Å². The van der Waals surface area contributed by atoms with E-state index in [1.165, 1.54) is 6.92 Å². The number of cyclic esters (lactones) is 1. The van der Waals surface area contributed by atoms with E-state index in [0.29, 0.717) is 6.42 Å². The molecule has 0 aliphatic carbocycles. The maximum absolute atomic E-state index is 11.5. The van der Waals surface area contributed by atoms with Crippen LogP contribution in [0.3, 0.4) is 0 Å². The number of amides is 1. The topological polar surface area (TPSA) is 55.4 Å². The highest BCUT2D eigenvalue weighted by Crippen LogP contribution is 2.29. The van der Waals surface area contributed by atoms with Crippen molar-refractivity contribution in [1.29, 1.82) is 0 Å². The molecule has 0 bridgehead atoms. The Kier molecular flexibility index (Phi) is 2.90. The highest BCUT2D eigenvalue weighted by atomic mass is 16.6. The first-order chi connectivity index (χ1) is 7.66. The van der Waals surface area contributed by atoms with Gasteiger partial charge < -0.3 is 10.1 Å². The maximum Gasteiger partial charge on any atom is 0.329 e. The summed E-state index contributed by atoms with van der Waals surface area (Å²) >= 11 is 0. The first-order valence-corrected chi connectivity index (χ1v) is 5.19. The van der Waals surface area contributed by atoms with Gasteiger partial charge in [-0.15, -0.1) is 0 Å². The second-order valence-electron chi connectivity index (χ2n) is 3.83. The Morgan fingerprint density at radius 2 is 2.06 bits per heavy atom. The molecular weight excluding hydrogens is 206 g/mol. The summed E-state index contributed by atoms with van der Waals surface area (Å²) in [7, 11) is 0. The lowest BCUT2D eigenvalue weighted by Gasteiger charge is -2.08. The van der Waals surface area contributed by atoms with Crippen LogP contribution in [0, 0.1) is 0 Å². The summed E-state index contributed by atoms with van der Waals surface area (Å²) in [6.45, 7) is 1.39. The summed E-state index contributed by atoms with van der Waals surface area (Å²) in [6.07, 6.45) is 0.258. The minimum atomic E-state index is -0.511. The zero-order valence-electron chi connectivity index (χ0n) is 8.97. The van der Waals surface area contributed by atoms with Crippen LogP contribution in [0.2, 0.25) is 0 Å². The van der Waals surface area contributed by atoms with Crippen molar-refractivity contribution in [1.82, 2.24) is 5.32 Å². The summed E-state index contributed by atoms with van der Waals surface area (Å²) in [5.41, 5.74) is 0.962. The van der Waals surface area contributed by atoms with Gasteiger partial charge in [-0.05, 0) is 5.56 Å². The number of hydrogen-bond acceptors (Lipinski definition) is 3. The van der Waals surface area contributed by atoms with Crippen molar-refractivity contribution in [2.45, 2.75) is 25.5 Å². The lowest BCUT2D eigenvalue weighted by atomic mass is 10.1. The Bertz CT molecular complexity index is 402. The molecule has 1 fully saturated rings. The molecule has 2 atom stereocenters. The van der Waals surface area contributed by atoms with Gasteiger partial charge in [0.15, 0.2) is 0 Å². The van der Waals surface area contributed by atoms with E-state index in [2.05, 4.69) is 5.32 Å². The van der Waals surface area contributed by atoms with E-state index in [9.17, 15) is 9.59 Å². The molecule has 1 saturated heterocycles. The Hall–Kier alpha value is -1.84. The summed E-state index contributed by atoms with van der Waals surface area (Å²) in [5, 5.41) is 2.58. The predicted molar refractivity (Wildman–Crippen MR) is 57.5 cm³/mol. The minimum absolute atomic E-state index is 0.212. The van der Waals surface area contributed by atoms with Crippen molar-refractivity contribution in [3.05, 3.63) is 35.9 Å². The molecule has 0 spiro atoms. The molecule has 1 aliphatic heterocycles. The van der Waals surface area contributed by atoms with Crippen molar-refractivity contribution >= 4 is 11.9 Å². The fourth-order valence-corrected chi connectivity index (χ4v) is 1.82. The largest absolute Gasteiger partial charge is 0.456 e. The molecule has 0 radical (unpaired) electrons. The number of ether oxygens (including phenoxy) is 1. The predicted octanol–water partition coefficient (Wildman–Crippen LogP) is 1.18. The van der Waals surface area contributed by atoms with Gasteiger partial charge in [0.2, 0.25) is 5.91 Å². The quantitative estimate of drug-likeness (QED) is 0.760. The number of hydrogen-bond donors (Lipinski definition) is 1. The first-order valence-electron chi connectivity index (χ1n) is 5.19. The van der Waals surface area contributed by atoms with E-state index in [-0.39, 0.29) is 18.0 Å². The van der Waals surface area contributed by atoms with Gasteiger partial charge in [0.1, 0.15) is 12.1 Å². The average molecular weight is 219 g/mol. The highest BCUT2D eigenvalue weighted by molar-refractivity contribution is 5.84. The molecule has 4 nitrogen and oxygen atoms in total. The molecule has 84 valence electrons. The smallest absolute Gasteiger partial charge is 0.329 e. The average Bonchev–Trinajstić information content (AvgIpc) is 2.61. The Labute approximate surface area is 93.6 Å². The number of nitrogens with one attached hydrogen (secondary N) is 1. The second kappa shape index (κ2) is 4.35. The fraction of sp³-hybridized carbons (Fsp3) is 0.333. The molecule has 1 heterocycles. The van der Waals surface area contributed by atoms with Crippen LogP contribution < -0.4 is 5.32 Å². The van der Waals surface area contributed by atoms with E-state index in [4.69, 9.17) is 4.74 Å². The molecular formula is C12H13NO3. The van der Waals surface area contributed by atoms with E-state index in [1.807, 2.05) is 30.3 Å². The first kappa shape index (κ1) is 10.7. The molecule has 2 rings (SSSR count). The third kappa shape index (κ3) is 2.21. The van der Waals surface area contributed by atoms with Gasteiger partial charge in [-0.1, -0.05) is 30.3 Å². The third-order valence-electron chi connectivity index (χ3n) is 2.54. The molecule has 1 aromatic carbocycles. The summed E-state index contributed by atoms with van der Waals surface area (Å²) in [4.78, 5) is 22.3. The van der Waals surface area contributed by atoms with Gasteiger partial charge in [0.25, 0.3) is 0 Å². The third-order valence-corrected chi connectivity index (χ3v) is 2.54.